The van der Waals surface area contributed by atoms with E-state index >= 15 is 0 Å². The molecule has 2 rings (SSSR count). The number of nitrogens with zero attached hydrogens (tertiary/aromatic N) is 1. The minimum Gasteiger partial charge on any atom is -0.355 e. The molecule has 2 aromatic carbocycles. The lowest BCUT2D eigenvalue weighted by molar-refractivity contribution is -0.124. The Labute approximate surface area is 162 Å². The molecule has 0 heterocycles. The summed E-state index contributed by atoms with van der Waals surface area (Å²) in [6, 6.07) is 12.5. The highest BCUT2D eigenvalue weighted by atomic mass is 19.1. The smallest absolute Gasteiger partial charge is 0.251 e. The van der Waals surface area contributed by atoms with E-state index in [4.69, 9.17) is 0 Å². The normalized spacial score (nSPS) is 10.4. The number of carbonyl (C=O) groups is 3. The summed E-state index contributed by atoms with van der Waals surface area (Å²) >= 11 is 0. The molecule has 3 amide bonds. The van der Waals surface area contributed by atoms with Gasteiger partial charge in [-0.15, -0.1) is 0 Å². The van der Waals surface area contributed by atoms with Crippen LogP contribution in [0.5, 0.6) is 0 Å². The van der Waals surface area contributed by atoms with Crippen molar-refractivity contribution in [3.63, 3.8) is 0 Å². The van der Waals surface area contributed by atoms with Crippen LogP contribution in [0.25, 0.3) is 0 Å². The van der Waals surface area contributed by atoms with Crippen LogP contribution in [0, 0.1) is 5.82 Å². The number of carbonyl (C=O) groups excluding carboxylic acids is 3. The zero-order valence-electron chi connectivity index (χ0n) is 15.8. The van der Waals surface area contributed by atoms with Crippen molar-refractivity contribution in [3.8, 4) is 0 Å². The average Bonchev–Trinajstić information content (AvgIpc) is 2.68. The Morgan fingerprint density at radius 1 is 0.964 bits per heavy atom. The van der Waals surface area contributed by atoms with Crippen molar-refractivity contribution in [2.45, 2.75) is 6.54 Å². The van der Waals surface area contributed by atoms with Crippen LogP contribution in [0.3, 0.4) is 0 Å². The third-order valence-corrected chi connectivity index (χ3v) is 3.88. The summed E-state index contributed by atoms with van der Waals surface area (Å²) in [5.74, 6) is -1.23. The molecule has 0 bridgehead atoms. The van der Waals surface area contributed by atoms with Crippen molar-refractivity contribution in [2.24, 2.45) is 0 Å². The van der Waals surface area contributed by atoms with Gasteiger partial charge in [0.15, 0.2) is 0 Å². The lowest BCUT2D eigenvalue weighted by atomic mass is 10.1. The van der Waals surface area contributed by atoms with E-state index in [2.05, 4.69) is 16.0 Å². The molecule has 148 valence electrons. The molecule has 8 heteroatoms. The minimum atomic E-state index is -0.396. The van der Waals surface area contributed by atoms with E-state index in [0.717, 1.165) is 5.56 Å². The van der Waals surface area contributed by atoms with Gasteiger partial charge in [-0.1, -0.05) is 12.1 Å². The van der Waals surface area contributed by atoms with Crippen molar-refractivity contribution in [2.75, 3.05) is 32.5 Å². The van der Waals surface area contributed by atoms with Crippen LogP contribution >= 0.6 is 0 Å². The molecule has 3 N–H and O–H groups in total. The van der Waals surface area contributed by atoms with E-state index in [-0.39, 0.29) is 24.9 Å². The molecular weight excluding hydrogens is 363 g/mol. The third kappa shape index (κ3) is 6.81. The molecule has 7 nitrogen and oxygen atoms in total. The van der Waals surface area contributed by atoms with Gasteiger partial charge < -0.3 is 16.0 Å². The molecule has 0 fully saturated rings. The topological polar surface area (TPSA) is 90.5 Å². The summed E-state index contributed by atoms with van der Waals surface area (Å²) in [4.78, 5) is 37.1. The number of benzene rings is 2. The Bertz CT molecular complexity index is 822. The molecule has 0 radical (unpaired) electrons. The second-order valence-electron chi connectivity index (χ2n) is 6.28. The van der Waals surface area contributed by atoms with Crippen LogP contribution in [0.15, 0.2) is 48.5 Å². The Morgan fingerprint density at radius 2 is 1.61 bits per heavy atom. The molecular formula is C20H23FN4O3. The Balaban J connectivity index is 1.73. The highest BCUT2D eigenvalue weighted by Crippen LogP contribution is 2.08. The lowest BCUT2D eigenvalue weighted by Crippen LogP contribution is -2.39. The van der Waals surface area contributed by atoms with E-state index in [1.165, 1.54) is 24.3 Å². The van der Waals surface area contributed by atoms with Crippen LogP contribution in [0.1, 0.15) is 15.9 Å². The zero-order valence-corrected chi connectivity index (χ0v) is 15.8. The van der Waals surface area contributed by atoms with E-state index in [0.29, 0.717) is 17.8 Å². The molecule has 0 aliphatic rings. The van der Waals surface area contributed by atoms with Crippen LogP contribution in [0.2, 0.25) is 0 Å². The third-order valence-electron chi connectivity index (χ3n) is 3.88. The number of amides is 3. The van der Waals surface area contributed by atoms with Crippen molar-refractivity contribution < 1.29 is 18.8 Å². The fourth-order valence-electron chi connectivity index (χ4n) is 2.49. The summed E-state index contributed by atoms with van der Waals surface area (Å²) in [7, 11) is 3.35. The first-order chi connectivity index (χ1) is 13.4. The van der Waals surface area contributed by atoms with Gasteiger partial charge in [0.2, 0.25) is 11.8 Å². The molecule has 0 atom stereocenters. The minimum absolute atomic E-state index is 0.112. The number of likely N-dealkylation sites (N-methyl/N-ethyl adjacent to an activating group) is 1. The number of hydrogen-bond acceptors (Lipinski definition) is 4. The quantitative estimate of drug-likeness (QED) is 0.639. The van der Waals surface area contributed by atoms with Gasteiger partial charge in [0.25, 0.3) is 5.91 Å². The lowest BCUT2D eigenvalue weighted by Gasteiger charge is -2.16. The maximum absolute atomic E-state index is 12.8. The van der Waals surface area contributed by atoms with E-state index in [1.54, 1.807) is 31.1 Å². The van der Waals surface area contributed by atoms with Gasteiger partial charge in [0, 0.05) is 24.8 Å². The van der Waals surface area contributed by atoms with Gasteiger partial charge in [-0.2, -0.15) is 0 Å². The highest BCUT2D eigenvalue weighted by Gasteiger charge is 2.10. The molecule has 0 aromatic heterocycles. The standard InChI is InChI=1S/C20H23FN4O3/c1-22-20(28)15-5-3-14(4-6-15)12-25(2)13-19(27)23-11-18(26)24-17-9-7-16(21)8-10-17/h3-10H,11-13H2,1-2H3,(H,22,28)(H,23,27)(H,24,26). The SMILES string of the molecule is CNC(=O)c1ccc(CN(C)CC(=O)NCC(=O)Nc2ccc(F)cc2)cc1. The van der Waals surface area contributed by atoms with Crippen LogP contribution < -0.4 is 16.0 Å². The predicted octanol–water partition coefficient (Wildman–Crippen LogP) is 1.37. The summed E-state index contributed by atoms with van der Waals surface area (Å²) < 4.78 is 12.8. The van der Waals surface area contributed by atoms with Crippen molar-refractivity contribution in [3.05, 3.63) is 65.5 Å². The van der Waals surface area contributed by atoms with E-state index in [9.17, 15) is 18.8 Å². The first kappa shape index (κ1) is 21.0. The monoisotopic (exact) mass is 386 g/mol. The fraction of sp³-hybridized carbons (Fsp3) is 0.250. The molecule has 0 unspecified atom stereocenters. The predicted molar refractivity (Wildman–Crippen MR) is 104 cm³/mol. The van der Waals surface area contributed by atoms with Crippen molar-refractivity contribution in [1.82, 2.24) is 15.5 Å². The number of halogens is 1. The van der Waals surface area contributed by atoms with Gasteiger partial charge >= 0.3 is 0 Å². The zero-order chi connectivity index (χ0) is 20.5. The van der Waals surface area contributed by atoms with Gasteiger partial charge in [-0.05, 0) is 49.0 Å². The average molecular weight is 386 g/mol. The van der Waals surface area contributed by atoms with Crippen LogP contribution in [0.4, 0.5) is 10.1 Å². The Morgan fingerprint density at radius 3 is 2.21 bits per heavy atom. The molecule has 0 saturated carbocycles. The van der Waals surface area contributed by atoms with Crippen molar-refractivity contribution in [1.29, 1.82) is 0 Å². The molecule has 0 aliphatic carbocycles. The molecule has 0 aliphatic heterocycles. The number of anilines is 1. The maximum Gasteiger partial charge on any atom is 0.251 e. The first-order valence-corrected chi connectivity index (χ1v) is 8.69. The summed E-state index contributed by atoms with van der Waals surface area (Å²) in [5, 5.41) is 7.67. The molecule has 28 heavy (non-hydrogen) atoms. The Hall–Kier alpha value is -3.26. The Kier molecular flexibility index (Phi) is 7.65. The summed E-state index contributed by atoms with van der Waals surface area (Å²) in [6.45, 7) is 0.453. The van der Waals surface area contributed by atoms with E-state index < -0.39 is 11.7 Å². The summed E-state index contributed by atoms with van der Waals surface area (Å²) in [5.41, 5.74) is 1.98. The first-order valence-electron chi connectivity index (χ1n) is 8.69. The largest absolute Gasteiger partial charge is 0.355 e. The number of rotatable bonds is 8. The second kappa shape index (κ2) is 10.2. The molecule has 2 aromatic rings. The highest BCUT2D eigenvalue weighted by molar-refractivity contribution is 5.95. The molecule has 0 spiro atoms. The van der Waals surface area contributed by atoms with Crippen LogP contribution in [-0.4, -0.2) is 49.8 Å². The van der Waals surface area contributed by atoms with Gasteiger partial charge in [-0.3, -0.25) is 19.3 Å². The fourth-order valence-corrected chi connectivity index (χ4v) is 2.49. The summed E-state index contributed by atoms with van der Waals surface area (Å²) in [6.07, 6.45) is 0. The van der Waals surface area contributed by atoms with E-state index in [1.807, 2.05) is 12.1 Å². The number of nitrogens with one attached hydrogen (secondary N) is 3. The van der Waals surface area contributed by atoms with Crippen molar-refractivity contribution >= 4 is 23.4 Å². The van der Waals surface area contributed by atoms with Crippen LogP contribution in [-0.2, 0) is 16.1 Å². The van der Waals surface area contributed by atoms with Gasteiger partial charge in [0.05, 0.1) is 13.1 Å². The number of hydrogen-bond donors (Lipinski definition) is 3. The van der Waals surface area contributed by atoms with Gasteiger partial charge in [0.1, 0.15) is 5.82 Å². The second-order valence-corrected chi connectivity index (χ2v) is 6.28. The van der Waals surface area contributed by atoms with Gasteiger partial charge in [-0.25, -0.2) is 4.39 Å². The maximum atomic E-state index is 12.8. The molecule has 0 saturated heterocycles.